The summed E-state index contributed by atoms with van der Waals surface area (Å²) in [5.74, 6) is 0.626. The Morgan fingerprint density at radius 1 is 1.21 bits per heavy atom. The number of alkyl halides is 3. The summed E-state index contributed by atoms with van der Waals surface area (Å²) < 4.78 is 46.2. The van der Waals surface area contributed by atoms with E-state index in [0.717, 1.165) is 10.0 Å². The Morgan fingerprint density at radius 2 is 1.95 bits per heavy atom. The van der Waals surface area contributed by atoms with Crippen molar-refractivity contribution in [3.8, 4) is 5.75 Å². The van der Waals surface area contributed by atoms with Crippen LogP contribution < -0.4 is 10.5 Å². The number of nitrogens with two attached hydrogens (primary N) is 1. The Bertz CT molecular complexity index is 399. The van der Waals surface area contributed by atoms with Crippen LogP contribution in [0.15, 0.2) is 22.7 Å². The van der Waals surface area contributed by atoms with E-state index in [1.165, 1.54) is 0 Å². The van der Waals surface area contributed by atoms with E-state index in [9.17, 15) is 13.2 Å². The molecule has 108 valence electrons. The molecule has 1 rings (SSSR count). The first-order valence-electron chi connectivity index (χ1n) is 5.69. The Morgan fingerprint density at radius 3 is 2.58 bits per heavy atom. The van der Waals surface area contributed by atoms with Gasteiger partial charge in [-0.25, -0.2) is 0 Å². The highest BCUT2D eigenvalue weighted by Gasteiger charge is 2.27. The Hall–Kier alpha value is -0.790. The number of ether oxygens (including phenoxy) is 2. The third-order valence-corrected chi connectivity index (χ3v) is 2.84. The first kappa shape index (κ1) is 16.3. The van der Waals surface area contributed by atoms with Gasteiger partial charge in [0, 0.05) is 18.5 Å². The van der Waals surface area contributed by atoms with Gasteiger partial charge in [-0.3, -0.25) is 0 Å². The minimum absolute atomic E-state index is 0.00191. The number of halogens is 4. The highest BCUT2D eigenvalue weighted by Crippen LogP contribution is 2.28. The molecule has 0 aliphatic carbocycles. The monoisotopic (exact) mass is 341 g/mol. The van der Waals surface area contributed by atoms with Crippen LogP contribution in [0.3, 0.4) is 0 Å². The predicted octanol–water partition coefficient (Wildman–Crippen LogP) is 3.26. The Labute approximate surface area is 118 Å². The van der Waals surface area contributed by atoms with Crippen molar-refractivity contribution in [1.29, 1.82) is 0 Å². The smallest absolute Gasteiger partial charge is 0.411 e. The van der Waals surface area contributed by atoms with Crippen LogP contribution in [0.25, 0.3) is 0 Å². The maximum absolute atomic E-state index is 11.8. The zero-order valence-electron chi connectivity index (χ0n) is 10.2. The fourth-order valence-corrected chi connectivity index (χ4v) is 1.92. The first-order valence-corrected chi connectivity index (χ1v) is 6.48. The van der Waals surface area contributed by atoms with Crippen LogP contribution in [0.1, 0.15) is 12.0 Å². The number of rotatable bonds is 7. The molecule has 19 heavy (non-hydrogen) atoms. The van der Waals surface area contributed by atoms with Gasteiger partial charge >= 0.3 is 6.18 Å². The van der Waals surface area contributed by atoms with Crippen molar-refractivity contribution in [2.24, 2.45) is 5.73 Å². The molecule has 0 atom stereocenters. The summed E-state index contributed by atoms with van der Waals surface area (Å²) in [5, 5.41) is 0. The van der Waals surface area contributed by atoms with E-state index in [1.54, 1.807) is 0 Å². The summed E-state index contributed by atoms with van der Waals surface area (Å²) in [4.78, 5) is 0. The lowest BCUT2D eigenvalue weighted by Gasteiger charge is -2.12. The van der Waals surface area contributed by atoms with Crippen LogP contribution in [0.2, 0.25) is 0 Å². The molecule has 0 saturated carbocycles. The van der Waals surface area contributed by atoms with Crippen molar-refractivity contribution in [1.82, 2.24) is 0 Å². The molecule has 0 fully saturated rings. The van der Waals surface area contributed by atoms with E-state index in [2.05, 4.69) is 20.7 Å². The van der Waals surface area contributed by atoms with Crippen LogP contribution in [0, 0.1) is 0 Å². The van der Waals surface area contributed by atoms with Crippen molar-refractivity contribution >= 4 is 15.9 Å². The highest BCUT2D eigenvalue weighted by atomic mass is 79.9. The molecule has 3 nitrogen and oxygen atoms in total. The molecular formula is C12H15BrF3NO2. The number of hydrogen-bond donors (Lipinski definition) is 1. The quantitative estimate of drug-likeness (QED) is 0.774. The third kappa shape index (κ3) is 6.26. The predicted molar refractivity (Wildman–Crippen MR) is 69.0 cm³/mol. The molecular weight excluding hydrogens is 327 g/mol. The summed E-state index contributed by atoms with van der Waals surface area (Å²) >= 11 is 3.34. The third-order valence-electron chi connectivity index (χ3n) is 2.21. The van der Waals surface area contributed by atoms with E-state index in [-0.39, 0.29) is 13.2 Å². The van der Waals surface area contributed by atoms with Crippen LogP contribution >= 0.6 is 15.9 Å². The lowest BCUT2D eigenvalue weighted by molar-refractivity contribution is -0.174. The molecule has 1 aromatic carbocycles. The van der Waals surface area contributed by atoms with Gasteiger partial charge in [0.25, 0.3) is 0 Å². The second-order valence-corrected chi connectivity index (χ2v) is 4.66. The van der Waals surface area contributed by atoms with E-state index in [0.29, 0.717) is 18.7 Å². The summed E-state index contributed by atoms with van der Waals surface area (Å²) in [6.45, 7) is -0.620. The normalized spacial score (nSPS) is 11.6. The van der Waals surface area contributed by atoms with Crippen LogP contribution in [0.5, 0.6) is 5.75 Å². The Kier molecular flexibility index (Phi) is 6.60. The average Bonchev–Trinajstić information content (AvgIpc) is 2.33. The molecule has 0 aromatic heterocycles. The SMILES string of the molecule is NCc1cccc(Br)c1OCCCOCC(F)(F)F. The van der Waals surface area contributed by atoms with Crippen LogP contribution in [0.4, 0.5) is 13.2 Å². The maximum Gasteiger partial charge on any atom is 0.411 e. The minimum Gasteiger partial charge on any atom is -0.492 e. The fraction of sp³-hybridized carbons (Fsp3) is 0.500. The lowest BCUT2D eigenvalue weighted by atomic mass is 10.2. The molecule has 0 unspecified atom stereocenters. The van der Waals surface area contributed by atoms with E-state index >= 15 is 0 Å². The first-order chi connectivity index (χ1) is 8.94. The zero-order chi connectivity index (χ0) is 14.3. The van der Waals surface area contributed by atoms with Gasteiger partial charge in [-0.05, 0) is 22.0 Å². The van der Waals surface area contributed by atoms with Gasteiger partial charge in [-0.2, -0.15) is 13.2 Å². The number of para-hydroxylation sites is 1. The average molecular weight is 342 g/mol. The van der Waals surface area contributed by atoms with Crippen molar-refractivity contribution in [3.05, 3.63) is 28.2 Å². The zero-order valence-corrected chi connectivity index (χ0v) is 11.8. The van der Waals surface area contributed by atoms with Crippen molar-refractivity contribution in [2.75, 3.05) is 19.8 Å². The second-order valence-electron chi connectivity index (χ2n) is 3.80. The molecule has 0 heterocycles. The van der Waals surface area contributed by atoms with Gasteiger partial charge in [0.1, 0.15) is 12.4 Å². The minimum atomic E-state index is -4.28. The lowest BCUT2D eigenvalue weighted by Crippen LogP contribution is -2.18. The molecule has 0 spiro atoms. The van der Waals surface area contributed by atoms with Crippen LogP contribution in [-0.2, 0) is 11.3 Å². The summed E-state index contributed by atoms with van der Waals surface area (Å²) in [6.07, 6.45) is -3.91. The second kappa shape index (κ2) is 7.72. The molecule has 0 radical (unpaired) electrons. The van der Waals surface area contributed by atoms with E-state index in [1.807, 2.05) is 18.2 Å². The van der Waals surface area contributed by atoms with Gasteiger partial charge in [-0.15, -0.1) is 0 Å². The number of benzene rings is 1. The fourth-order valence-electron chi connectivity index (χ4n) is 1.40. The summed E-state index contributed by atoms with van der Waals surface area (Å²) in [6, 6.07) is 5.49. The van der Waals surface area contributed by atoms with E-state index in [4.69, 9.17) is 10.5 Å². The Balaban J connectivity index is 2.30. The van der Waals surface area contributed by atoms with Crippen molar-refractivity contribution in [2.45, 2.75) is 19.1 Å². The summed E-state index contributed by atoms with van der Waals surface area (Å²) in [7, 11) is 0. The van der Waals surface area contributed by atoms with Crippen molar-refractivity contribution < 1.29 is 22.6 Å². The van der Waals surface area contributed by atoms with Gasteiger partial charge in [0.15, 0.2) is 0 Å². The molecule has 2 N–H and O–H groups in total. The molecule has 0 bridgehead atoms. The molecule has 1 aromatic rings. The molecule has 7 heteroatoms. The van der Waals surface area contributed by atoms with Gasteiger partial charge < -0.3 is 15.2 Å². The maximum atomic E-state index is 11.8. The molecule has 0 saturated heterocycles. The van der Waals surface area contributed by atoms with Crippen molar-refractivity contribution in [3.63, 3.8) is 0 Å². The summed E-state index contributed by atoms with van der Waals surface area (Å²) in [5.41, 5.74) is 6.41. The van der Waals surface area contributed by atoms with Gasteiger partial charge in [-0.1, -0.05) is 12.1 Å². The van der Waals surface area contributed by atoms with Gasteiger partial charge in [0.05, 0.1) is 17.7 Å². The molecule has 0 aliphatic rings. The van der Waals surface area contributed by atoms with E-state index < -0.39 is 12.8 Å². The number of hydrogen-bond acceptors (Lipinski definition) is 3. The van der Waals surface area contributed by atoms with Gasteiger partial charge in [0.2, 0.25) is 0 Å². The molecule has 0 aliphatic heterocycles. The topological polar surface area (TPSA) is 44.5 Å². The largest absolute Gasteiger partial charge is 0.492 e. The molecule has 0 amide bonds. The standard InChI is InChI=1S/C12H15BrF3NO2/c13-10-4-1-3-9(7-17)11(10)19-6-2-5-18-8-12(14,15)16/h1,3-4H,2,5-8,17H2. The van der Waals surface area contributed by atoms with Crippen LogP contribution in [-0.4, -0.2) is 26.0 Å². The highest BCUT2D eigenvalue weighted by molar-refractivity contribution is 9.10.